The normalized spacial score (nSPS) is 14.1. The SMILES string of the molecule is CCCNC(C)c1ccc(S(=O)(=O)NC(C)(C)CC)cc1. The summed E-state index contributed by atoms with van der Waals surface area (Å²) in [5.74, 6) is 0. The van der Waals surface area contributed by atoms with Gasteiger partial charge < -0.3 is 5.32 Å². The van der Waals surface area contributed by atoms with Gasteiger partial charge in [0.1, 0.15) is 0 Å². The smallest absolute Gasteiger partial charge is 0.241 e. The molecule has 21 heavy (non-hydrogen) atoms. The summed E-state index contributed by atoms with van der Waals surface area (Å²) >= 11 is 0. The number of rotatable bonds is 8. The Morgan fingerprint density at radius 2 is 1.71 bits per heavy atom. The summed E-state index contributed by atoms with van der Waals surface area (Å²) in [7, 11) is -3.46. The van der Waals surface area contributed by atoms with Gasteiger partial charge in [-0.25, -0.2) is 13.1 Å². The molecule has 2 N–H and O–H groups in total. The number of benzene rings is 1. The van der Waals surface area contributed by atoms with Crippen molar-refractivity contribution in [2.45, 2.75) is 63.9 Å². The summed E-state index contributed by atoms with van der Waals surface area (Å²) in [5.41, 5.74) is 0.658. The van der Waals surface area contributed by atoms with Gasteiger partial charge in [-0.3, -0.25) is 0 Å². The Morgan fingerprint density at radius 1 is 1.14 bits per heavy atom. The molecule has 0 aromatic heterocycles. The molecule has 0 aliphatic rings. The zero-order valence-electron chi connectivity index (χ0n) is 13.7. The molecule has 0 aliphatic heterocycles. The topological polar surface area (TPSA) is 58.2 Å². The first-order valence-electron chi connectivity index (χ1n) is 7.59. The minimum atomic E-state index is -3.46. The van der Waals surface area contributed by atoms with Gasteiger partial charge in [0.2, 0.25) is 10.0 Å². The molecule has 0 amide bonds. The van der Waals surface area contributed by atoms with Crippen molar-refractivity contribution >= 4 is 10.0 Å². The van der Waals surface area contributed by atoms with Gasteiger partial charge in [0.25, 0.3) is 0 Å². The highest BCUT2D eigenvalue weighted by molar-refractivity contribution is 7.89. The first-order valence-corrected chi connectivity index (χ1v) is 9.07. The number of hydrogen-bond donors (Lipinski definition) is 2. The van der Waals surface area contributed by atoms with Crippen LogP contribution in [0.3, 0.4) is 0 Å². The summed E-state index contributed by atoms with van der Waals surface area (Å²) in [6.45, 7) is 10.9. The van der Waals surface area contributed by atoms with E-state index in [2.05, 4.69) is 23.9 Å². The molecule has 1 unspecified atom stereocenters. The van der Waals surface area contributed by atoms with Crippen molar-refractivity contribution in [1.82, 2.24) is 10.0 Å². The zero-order valence-corrected chi connectivity index (χ0v) is 14.5. The lowest BCUT2D eigenvalue weighted by Gasteiger charge is -2.24. The van der Waals surface area contributed by atoms with Gasteiger partial charge in [0.05, 0.1) is 4.90 Å². The van der Waals surface area contributed by atoms with Crippen molar-refractivity contribution in [1.29, 1.82) is 0 Å². The van der Waals surface area contributed by atoms with E-state index in [1.165, 1.54) is 0 Å². The van der Waals surface area contributed by atoms with Gasteiger partial charge in [0, 0.05) is 11.6 Å². The van der Waals surface area contributed by atoms with Crippen LogP contribution in [0.15, 0.2) is 29.2 Å². The van der Waals surface area contributed by atoms with E-state index < -0.39 is 15.6 Å². The van der Waals surface area contributed by atoms with Gasteiger partial charge in [-0.05, 0) is 57.9 Å². The Balaban J connectivity index is 2.86. The fourth-order valence-electron chi connectivity index (χ4n) is 1.91. The molecule has 0 saturated heterocycles. The quantitative estimate of drug-likeness (QED) is 0.775. The van der Waals surface area contributed by atoms with Crippen LogP contribution in [-0.2, 0) is 10.0 Å². The monoisotopic (exact) mass is 312 g/mol. The van der Waals surface area contributed by atoms with Crippen LogP contribution in [0, 0.1) is 0 Å². The largest absolute Gasteiger partial charge is 0.310 e. The minimum absolute atomic E-state index is 0.224. The Bertz CT molecular complexity index is 536. The molecule has 0 heterocycles. The molecular weight excluding hydrogens is 284 g/mol. The lowest BCUT2D eigenvalue weighted by molar-refractivity contribution is 0.439. The first-order chi connectivity index (χ1) is 9.72. The van der Waals surface area contributed by atoms with E-state index >= 15 is 0 Å². The van der Waals surface area contributed by atoms with Crippen LogP contribution in [0.5, 0.6) is 0 Å². The fourth-order valence-corrected chi connectivity index (χ4v) is 3.39. The average Bonchev–Trinajstić information content (AvgIpc) is 2.44. The van der Waals surface area contributed by atoms with Gasteiger partial charge in [-0.2, -0.15) is 0 Å². The number of sulfonamides is 1. The molecule has 1 aromatic rings. The molecule has 0 radical (unpaired) electrons. The molecule has 4 nitrogen and oxygen atoms in total. The minimum Gasteiger partial charge on any atom is -0.310 e. The van der Waals surface area contributed by atoms with E-state index in [1.54, 1.807) is 12.1 Å². The zero-order chi connectivity index (χ0) is 16.1. The lowest BCUT2D eigenvalue weighted by atomic mass is 10.0. The van der Waals surface area contributed by atoms with Gasteiger partial charge in [-0.15, -0.1) is 0 Å². The van der Waals surface area contributed by atoms with Crippen LogP contribution in [0.1, 0.15) is 59.1 Å². The van der Waals surface area contributed by atoms with Crippen LogP contribution in [0.2, 0.25) is 0 Å². The third-order valence-corrected chi connectivity index (χ3v) is 5.40. The number of hydrogen-bond acceptors (Lipinski definition) is 3. The highest BCUT2D eigenvalue weighted by atomic mass is 32.2. The predicted molar refractivity (Wildman–Crippen MR) is 87.8 cm³/mol. The van der Waals surface area contributed by atoms with Crippen LogP contribution in [0.25, 0.3) is 0 Å². The second-order valence-electron chi connectivity index (χ2n) is 6.09. The van der Waals surface area contributed by atoms with Gasteiger partial charge in [0.15, 0.2) is 0 Å². The molecule has 5 heteroatoms. The van der Waals surface area contributed by atoms with E-state index in [0.29, 0.717) is 4.90 Å². The Kier molecular flexibility index (Phi) is 6.38. The van der Waals surface area contributed by atoms with Crippen LogP contribution < -0.4 is 10.0 Å². The Morgan fingerprint density at radius 3 is 2.19 bits per heavy atom. The second-order valence-corrected chi connectivity index (χ2v) is 7.77. The average molecular weight is 312 g/mol. The molecule has 1 rings (SSSR count). The molecular formula is C16H28N2O2S. The molecule has 0 fully saturated rings. The van der Waals surface area contributed by atoms with Crippen molar-refractivity contribution in [3.63, 3.8) is 0 Å². The van der Waals surface area contributed by atoms with Gasteiger partial charge in [-0.1, -0.05) is 26.0 Å². The molecule has 0 saturated carbocycles. The number of nitrogens with one attached hydrogen (secondary N) is 2. The third kappa shape index (κ3) is 5.41. The standard InChI is InChI=1S/C16H28N2O2S/c1-6-12-17-13(3)14-8-10-15(11-9-14)21(19,20)18-16(4,5)7-2/h8-11,13,17-18H,6-7,12H2,1-5H3. The lowest BCUT2D eigenvalue weighted by Crippen LogP contribution is -2.42. The van der Waals surface area contributed by atoms with E-state index in [0.717, 1.165) is 24.9 Å². The van der Waals surface area contributed by atoms with E-state index in [1.807, 2.05) is 32.9 Å². The second kappa shape index (κ2) is 7.38. The highest BCUT2D eigenvalue weighted by Crippen LogP contribution is 2.18. The summed E-state index contributed by atoms with van der Waals surface area (Å²) in [4.78, 5) is 0.315. The Labute approximate surface area is 129 Å². The predicted octanol–water partition coefficient (Wildman–Crippen LogP) is 3.21. The molecule has 0 spiro atoms. The van der Waals surface area contributed by atoms with Gasteiger partial charge >= 0.3 is 0 Å². The summed E-state index contributed by atoms with van der Waals surface area (Å²) < 4.78 is 27.4. The molecule has 0 bridgehead atoms. The molecule has 1 aromatic carbocycles. The van der Waals surface area contributed by atoms with Crippen molar-refractivity contribution < 1.29 is 8.42 Å². The summed E-state index contributed by atoms with van der Waals surface area (Å²) in [6, 6.07) is 7.32. The van der Waals surface area contributed by atoms with Crippen molar-refractivity contribution in [3.05, 3.63) is 29.8 Å². The third-order valence-electron chi connectivity index (χ3n) is 3.69. The van der Waals surface area contributed by atoms with Crippen LogP contribution >= 0.6 is 0 Å². The Hall–Kier alpha value is -0.910. The van der Waals surface area contributed by atoms with Crippen molar-refractivity contribution in [2.75, 3.05) is 6.54 Å². The van der Waals surface area contributed by atoms with Crippen molar-refractivity contribution in [2.24, 2.45) is 0 Å². The molecule has 1 atom stereocenters. The maximum atomic E-state index is 12.3. The van der Waals surface area contributed by atoms with E-state index in [9.17, 15) is 8.42 Å². The first kappa shape index (κ1) is 18.1. The molecule has 120 valence electrons. The molecule has 0 aliphatic carbocycles. The maximum absolute atomic E-state index is 12.3. The van der Waals surface area contributed by atoms with Crippen molar-refractivity contribution in [3.8, 4) is 0 Å². The summed E-state index contributed by atoms with van der Waals surface area (Å²) in [6.07, 6.45) is 1.81. The van der Waals surface area contributed by atoms with E-state index in [-0.39, 0.29) is 6.04 Å². The maximum Gasteiger partial charge on any atom is 0.241 e. The van der Waals surface area contributed by atoms with E-state index in [4.69, 9.17) is 0 Å². The fraction of sp³-hybridized carbons (Fsp3) is 0.625. The van der Waals surface area contributed by atoms with Crippen LogP contribution in [0.4, 0.5) is 0 Å². The van der Waals surface area contributed by atoms with Crippen LogP contribution in [-0.4, -0.2) is 20.5 Å². The summed E-state index contributed by atoms with van der Waals surface area (Å²) in [5, 5.41) is 3.39. The highest BCUT2D eigenvalue weighted by Gasteiger charge is 2.24.